The fourth-order valence-corrected chi connectivity index (χ4v) is 3.25. The van der Waals surface area contributed by atoms with Crippen LogP contribution < -0.4 is 4.74 Å². The zero-order valence-corrected chi connectivity index (χ0v) is 16.1. The largest absolute Gasteiger partial charge is 0.507 e. The van der Waals surface area contributed by atoms with Gasteiger partial charge in [-0.25, -0.2) is 4.79 Å². The molecule has 1 heterocycles. The minimum absolute atomic E-state index is 0.0223. The van der Waals surface area contributed by atoms with Crippen molar-refractivity contribution in [3.05, 3.63) is 59.7 Å². The SMILES string of the molecule is COc1cc(O)c2c(c1)-c1cccc(c1)[C@@H](O)[C@H](O)[C@H](O)/C=C\C[C@H](C)OC2=O. The van der Waals surface area contributed by atoms with Gasteiger partial charge in [-0.3, -0.25) is 0 Å². The van der Waals surface area contributed by atoms with E-state index in [0.29, 0.717) is 22.4 Å². The minimum Gasteiger partial charge on any atom is -0.507 e. The molecule has 154 valence electrons. The van der Waals surface area contributed by atoms with Gasteiger partial charge in [-0.2, -0.15) is 0 Å². The van der Waals surface area contributed by atoms with Gasteiger partial charge in [0.15, 0.2) is 0 Å². The van der Waals surface area contributed by atoms with Crippen LogP contribution in [-0.2, 0) is 4.74 Å². The molecule has 0 unspecified atom stereocenters. The molecule has 4 atom stereocenters. The summed E-state index contributed by atoms with van der Waals surface area (Å²) in [4.78, 5) is 12.8. The second-order valence-corrected chi connectivity index (χ2v) is 7.00. The Morgan fingerprint density at radius 2 is 1.90 bits per heavy atom. The van der Waals surface area contributed by atoms with Crippen molar-refractivity contribution < 1.29 is 34.7 Å². The van der Waals surface area contributed by atoms with Crippen molar-refractivity contribution >= 4 is 5.97 Å². The number of aliphatic hydroxyl groups is 3. The molecule has 0 saturated heterocycles. The number of fused-ring (bicyclic) bond motifs is 4. The first-order chi connectivity index (χ1) is 13.8. The maximum Gasteiger partial charge on any atom is 0.342 e. The topological polar surface area (TPSA) is 116 Å². The molecule has 1 aliphatic heterocycles. The third-order valence-corrected chi connectivity index (χ3v) is 4.85. The number of aromatic hydroxyl groups is 1. The van der Waals surface area contributed by atoms with Crippen molar-refractivity contribution in [1.29, 1.82) is 0 Å². The van der Waals surface area contributed by atoms with Crippen LogP contribution in [0.25, 0.3) is 11.1 Å². The molecule has 0 amide bonds. The van der Waals surface area contributed by atoms with Crippen molar-refractivity contribution in [3.63, 3.8) is 0 Å². The number of rotatable bonds is 1. The van der Waals surface area contributed by atoms with Crippen LogP contribution >= 0.6 is 0 Å². The Morgan fingerprint density at radius 1 is 1.14 bits per heavy atom. The van der Waals surface area contributed by atoms with Crippen molar-refractivity contribution in [1.82, 2.24) is 0 Å². The van der Waals surface area contributed by atoms with Gasteiger partial charge in [0.25, 0.3) is 0 Å². The van der Waals surface area contributed by atoms with E-state index in [0.717, 1.165) is 0 Å². The number of aliphatic hydroxyl groups excluding tert-OH is 3. The second-order valence-electron chi connectivity index (χ2n) is 7.00. The lowest BCUT2D eigenvalue weighted by Crippen LogP contribution is -2.30. The monoisotopic (exact) mass is 400 g/mol. The van der Waals surface area contributed by atoms with Gasteiger partial charge >= 0.3 is 5.97 Å². The Morgan fingerprint density at radius 3 is 2.62 bits per heavy atom. The summed E-state index contributed by atoms with van der Waals surface area (Å²) in [6.45, 7) is 1.67. The van der Waals surface area contributed by atoms with Crippen molar-refractivity contribution in [2.24, 2.45) is 0 Å². The lowest BCUT2D eigenvalue weighted by atomic mass is 9.93. The fourth-order valence-electron chi connectivity index (χ4n) is 3.25. The number of benzene rings is 2. The van der Waals surface area contributed by atoms with Crippen LogP contribution in [0.1, 0.15) is 35.4 Å². The van der Waals surface area contributed by atoms with E-state index in [4.69, 9.17) is 9.47 Å². The number of phenolic OH excluding ortho intramolecular Hbond substituents is 1. The Kier molecular flexibility index (Phi) is 6.22. The number of carbonyl (C=O) groups excluding carboxylic acids is 1. The second kappa shape index (κ2) is 8.65. The number of hydrogen-bond donors (Lipinski definition) is 4. The maximum atomic E-state index is 12.8. The predicted octanol–water partition coefficient (Wildman–Crippen LogP) is 2.33. The van der Waals surface area contributed by atoms with E-state index in [1.54, 1.807) is 43.3 Å². The van der Waals surface area contributed by atoms with Gasteiger partial charge in [0.2, 0.25) is 0 Å². The van der Waals surface area contributed by atoms with Crippen LogP contribution in [0.5, 0.6) is 11.5 Å². The summed E-state index contributed by atoms with van der Waals surface area (Å²) < 4.78 is 10.7. The molecule has 3 rings (SSSR count). The number of cyclic esters (lactones) is 1. The lowest BCUT2D eigenvalue weighted by molar-refractivity contribution is -0.0427. The molecule has 29 heavy (non-hydrogen) atoms. The highest BCUT2D eigenvalue weighted by Gasteiger charge is 2.27. The molecule has 4 N–H and O–H groups in total. The summed E-state index contributed by atoms with van der Waals surface area (Å²) in [6.07, 6.45) is -1.44. The standard InChI is InChI=1S/C22H24O7/c1-12-5-3-8-17(23)21(26)20(25)14-7-4-6-13(9-14)16-10-15(28-2)11-18(24)19(16)22(27)29-12/h3-4,6-12,17,20-21,23-26H,5H2,1-2H3/b8-3-/t12-,17+,20+,21+/m0/s1. The average Bonchev–Trinajstić information content (AvgIpc) is 2.71. The Bertz CT molecular complexity index is 921. The number of esters is 1. The fraction of sp³-hybridized carbons (Fsp3) is 0.318. The summed E-state index contributed by atoms with van der Waals surface area (Å²) >= 11 is 0. The molecule has 0 saturated carbocycles. The molecule has 1 aliphatic rings. The zero-order chi connectivity index (χ0) is 21.1. The Balaban J connectivity index is 2.21. The smallest absolute Gasteiger partial charge is 0.342 e. The summed E-state index contributed by atoms with van der Waals surface area (Å²) in [5, 5.41) is 41.4. The molecular weight excluding hydrogens is 376 g/mol. The lowest BCUT2D eigenvalue weighted by Gasteiger charge is -2.23. The minimum atomic E-state index is -1.44. The third-order valence-electron chi connectivity index (χ3n) is 4.85. The number of methoxy groups -OCH3 is 1. The van der Waals surface area contributed by atoms with Crippen LogP contribution in [0.15, 0.2) is 48.6 Å². The predicted molar refractivity (Wildman–Crippen MR) is 106 cm³/mol. The Hall–Kier alpha value is -2.87. The van der Waals surface area contributed by atoms with E-state index in [1.807, 2.05) is 0 Å². The van der Waals surface area contributed by atoms with Crippen LogP contribution in [0.4, 0.5) is 0 Å². The number of phenols is 1. The van der Waals surface area contributed by atoms with E-state index >= 15 is 0 Å². The van der Waals surface area contributed by atoms with Gasteiger partial charge in [0.05, 0.1) is 7.11 Å². The van der Waals surface area contributed by atoms with E-state index in [2.05, 4.69) is 0 Å². The molecule has 7 heteroatoms. The molecule has 0 spiro atoms. The molecule has 2 bridgehead atoms. The van der Waals surface area contributed by atoms with Gasteiger partial charge in [-0.15, -0.1) is 0 Å². The van der Waals surface area contributed by atoms with Gasteiger partial charge in [-0.05, 0) is 30.2 Å². The molecule has 0 radical (unpaired) electrons. The molecule has 0 aliphatic carbocycles. The van der Waals surface area contributed by atoms with Gasteiger partial charge in [-0.1, -0.05) is 30.4 Å². The molecular formula is C22H24O7. The summed E-state index contributed by atoms with van der Waals surface area (Å²) in [5.41, 5.74) is 1.18. The van der Waals surface area contributed by atoms with Gasteiger partial charge in [0.1, 0.15) is 41.5 Å². The molecule has 7 nitrogen and oxygen atoms in total. The molecule has 2 aromatic rings. The summed E-state index contributed by atoms with van der Waals surface area (Å²) in [7, 11) is 1.44. The first-order valence-electron chi connectivity index (χ1n) is 9.25. The normalized spacial score (nSPS) is 26.0. The van der Waals surface area contributed by atoms with Crippen LogP contribution in [0.2, 0.25) is 0 Å². The van der Waals surface area contributed by atoms with Gasteiger partial charge < -0.3 is 29.9 Å². The number of carbonyl (C=O) groups is 1. The molecule has 0 aromatic heterocycles. The van der Waals surface area contributed by atoms with Crippen LogP contribution in [-0.4, -0.2) is 51.8 Å². The number of ether oxygens (including phenoxy) is 2. The highest BCUT2D eigenvalue weighted by atomic mass is 16.5. The van der Waals surface area contributed by atoms with E-state index < -0.39 is 30.4 Å². The highest BCUT2D eigenvalue weighted by Crippen LogP contribution is 2.37. The summed E-state index contributed by atoms with van der Waals surface area (Å²) in [6, 6.07) is 9.42. The van der Waals surface area contributed by atoms with E-state index in [9.17, 15) is 25.2 Å². The quantitative estimate of drug-likeness (QED) is 0.429. The van der Waals surface area contributed by atoms with E-state index in [1.165, 1.54) is 19.3 Å². The summed E-state index contributed by atoms with van der Waals surface area (Å²) in [5.74, 6) is -0.655. The first kappa shape index (κ1) is 20.9. The van der Waals surface area contributed by atoms with Gasteiger partial charge in [0, 0.05) is 18.1 Å². The van der Waals surface area contributed by atoms with E-state index in [-0.39, 0.29) is 17.7 Å². The Labute approximate surface area is 168 Å². The molecule has 2 aromatic carbocycles. The average molecular weight is 400 g/mol. The van der Waals surface area contributed by atoms with Crippen molar-refractivity contribution in [2.75, 3.05) is 7.11 Å². The van der Waals surface area contributed by atoms with Crippen LogP contribution in [0.3, 0.4) is 0 Å². The van der Waals surface area contributed by atoms with Crippen molar-refractivity contribution in [2.45, 2.75) is 37.8 Å². The third kappa shape index (κ3) is 4.42. The molecule has 0 fully saturated rings. The van der Waals surface area contributed by atoms with Crippen LogP contribution in [0, 0.1) is 0 Å². The maximum absolute atomic E-state index is 12.8. The number of hydrogen-bond acceptors (Lipinski definition) is 7. The zero-order valence-electron chi connectivity index (χ0n) is 16.1. The first-order valence-corrected chi connectivity index (χ1v) is 9.25. The highest BCUT2D eigenvalue weighted by molar-refractivity contribution is 6.00. The van der Waals surface area contributed by atoms with Crippen molar-refractivity contribution in [3.8, 4) is 22.6 Å².